The van der Waals surface area contributed by atoms with E-state index in [0.717, 1.165) is 69.1 Å². The maximum absolute atomic E-state index is 13.6. The maximum atomic E-state index is 13.6. The number of hydrogen-bond donors (Lipinski definition) is 2. The van der Waals surface area contributed by atoms with Crippen LogP contribution in [0, 0.1) is 21.4 Å². The van der Waals surface area contributed by atoms with Crippen molar-refractivity contribution < 1.29 is 27.6 Å². The van der Waals surface area contributed by atoms with Crippen molar-refractivity contribution in [2.75, 3.05) is 48.8 Å². The number of nitro benzene ring substituents is 1. The van der Waals surface area contributed by atoms with Gasteiger partial charge in [-0.05, 0) is 87.3 Å². The molecular formula is C34H39N5O7S. The normalized spacial score (nSPS) is 16.1. The zero-order valence-corrected chi connectivity index (χ0v) is 27.3. The summed E-state index contributed by atoms with van der Waals surface area (Å²) in [6.45, 7) is 7.57. The molecular weight excluding hydrogens is 622 g/mol. The molecule has 248 valence electrons. The molecule has 47 heavy (non-hydrogen) atoms. The molecule has 0 unspecified atom stereocenters. The number of ketones is 1. The summed E-state index contributed by atoms with van der Waals surface area (Å²) < 4.78 is 38.7. The lowest BCUT2D eigenvalue weighted by Gasteiger charge is -2.50. The van der Waals surface area contributed by atoms with E-state index in [0.29, 0.717) is 29.3 Å². The molecule has 4 aromatic rings. The fourth-order valence-corrected chi connectivity index (χ4v) is 8.06. The molecule has 0 amide bonds. The number of aromatic nitrogens is 2. The van der Waals surface area contributed by atoms with Crippen LogP contribution >= 0.6 is 0 Å². The number of H-pyrrole nitrogens is 1. The van der Waals surface area contributed by atoms with E-state index in [1.165, 1.54) is 18.3 Å². The summed E-state index contributed by atoms with van der Waals surface area (Å²) in [5, 5.41) is 16.0. The second-order valence-electron chi connectivity index (χ2n) is 12.4. The Labute approximate surface area is 273 Å². The lowest BCUT2D eigenvalue weighted by atomic mass is 9.58. The van der Waals surface area contributed by atoms with Gasteiger partial charge in [0.1, 0.15) is 28.6 Å². The molecule has 2 aromatic carbocycles. The number of pyridine rings is 1. The molecule has 1 aliphatic heterocycles. The first-order chi connectivity index (χ1) is 22.6. The third-order valence-corrected chi connectivity index (χ3v) is 11.0. The molecule has 1 saturated heterocycles. The van der Waals surface area contributed by atoms with Crippen molar-refractivity contribution in [3.8, 4) is 11.5 Å². The number of rotatable bonds is 13. The largest absolute Gasteiger partial charge is 0.455 e. The van der Waals surface area contributed by atoms with Gasteiger partial charge in [-0.2, -0.15) is 0 Å². The van der Waals surface area contributed by atoms with Crippen LogP contribution in [-0.2, 0) is 14.6 Å². The molecule has 6 rings (SSSR count). The summed E-state index contributed by atoms with van der Waals surface area (Å²) in [5.41, 5.74) is 1.80. The number of aromatic amines is 1. The first-order valence-electron chi connectivity index (χ1n) is 16.0. The Balaban J connectivity index is 1.20. The molecule has 1 saturated carbocycles. The molecule has 0 atom stereocenters. The summed E-state index contributed by atoms with van der Waals surface area (Å²) in [6.07, 6.45) is 7.46. The Morgan fingerprint density at radius 3 is 2.62 bits per heavy atom. The first kappa shape index (κ1) is 32.5. The maximum Gasteiger partial charge on any atom is 0.293 e. The second kappa shape index (κ2) is 13.3. The van der Waals surface area contributed by atoms with Crippen LogP contribution in [0.5, 0.6) is 11.5 Å². The van der Waals surface area contributed by atoms with Gasteiger partial charge >= 0.3 is 0 Å². The van der Waals surface area contributed by atoms with Gasteiger partial charge in [-0.15, -0.1) is 0 Å². The predicted molar refractivity (Wildman–Crippen MR) is 179 cm³/mol. The average Bonchev–Trinajstić information content (AvgIpc) is 3.51. The Morgan fingerprint density at radius 1 is 1.13 bits per heavy atom. The number of hydrogen-bond acceptors (Lipinski definition) is 10. The van der Waals surface area contributed by atoms with E-state index in [4.69, 9.17) is 9.47 Å². The van der Waals surface area contributed by atoms with Crippen LogP contribution in [0.3, 0.4) is 0 Å². The van der Waals surface area contributed by atoms with E-state index in [1.807, 2.05) is 19.9 Å². The number of fused-ring (bicyclic) bond motifs is 1. The highest BCUT2D eigenvalue weighted by Gasteiger charge is 2.44. The van der Waals surface area contributed by atoms with E-state index in [-0.39, 0.29) is 27.6 Å². The number of nitro groups is 1. The SMILES string of the molecule is CCN(CC)c1ccc(C(=O)CS(=O)(=O)c2ccc(NCC3CC4(CCOCC4)C3)c([N+](=O)[O-])c2)c(Oc2cnc3[nH]ccc3c2)c1. The number of ether oxygens (including phenoxy) is 2. The number of Topliss-reactive ketones (excluding diaryl/α,β-unsaturated/α-hetero) is 1. The Kier molecular flexibility index (Phi) is 9.20. The zero-order chi connectivity index (χ0) is 33.2. The first-order valence-corrected chi connectivity index (χ1v) is 17.6. The number of sulfone groups is 1. The number of carbonyl (C=O) groups excluding carboxylic acids is 1. The summed E-state index contributed by atoms with van der Waals surface area (Å²) in [5.74, 6) is -0.622. The molecule has 1 aliphatic carbocycles. The Bertz CT molecular complexity index is 1890. The standard InChI is InChI=1S/C34H39N5O7S/c1-3-38(4-2)25-5-7-28(32(16-25)46-26-15-24-9-12-35-33(24)37-21-26)31(40)22-47(43,44)27-6-8-29(30(17-27)39(41)42)36-20-23-18-34(19-23)10-13-45-14-11-34/h5-9,12,15-17,21,23,36H,3-4,10-11,13-14,18-20,22H2,1-2H3,(H,35,37). The minimum absolute atomic E-state index is 0.0780. The Hall–Kier alpha value is -4.49. The molecule has 2 aliphatic rings. The van der Waals surface area contributed by atoms with Gasteiger partial charge in [-0.25, -0.2) is 13.4 Å². The van der Waals surface area contributed by atoms with Crippen molar-refractivity contribution >= 4 is 43.7 Å². The van der Waals surface area contributed by atoms with Crippen molar-refractivity contribution in [2.45, 2.75) is 44.4 Å². The number of carbonyl (C=O) groups is 1. The minimum atomic E-state index is -4.25. The monoisotopic (exact) mass is 661 g/mol. The highest BCUT2D eigenvalue weighted by atomic mass is 32.2. The van der Waals surface area contributed by atoms with E-state index in [9.17, 15) is 23.3 Å². The summed E-state index contributed by atoms with van der Waals surface area (Å²) >= 11 is 0. The summed E-state index contributed by atoms with van der Waals surface area (Å²) in [6, 6.07) is 12.4. The van der Waals surface area contributed by atoms with Gasteiger partial charge in [0.25, 0.3) is 5.69 Å². The van der Waals surface area contributed by atoms with Gasteiger partial charge < -0.3 is 24.7 Å². The molecule has 2 fully saturated rings. The third kappa shape index (κ3) is 6.96. The van der Waals surface area contributed by atoms with Crippen molar-refractivity contribution in [2.24, 2.45) is 11.3 Å². The minimum Gasteiger partial charge on any atom is -0.455 e. The number of nitrogens with zero attached hydrogens (tertiary/aromatic N) is 3. The lowest BCUT2D eigenvalue weighted by molar-refractivity contribution is -0.384. The van der Waals surface area contributed by atoms with Crippen LogP contribution in [-0.4, -0.2) is 67.7 Å². The summed E-state index contributed by atoms with van der Waals surface area (Å²) in [7, 11) is -4.25. The van der Waals surface area contributed by atoms with Crippen molar-refractivity contribution in [1.82, 2.24) is 9.97 Å². The van der Waals surface area contributed by atoms with Crippen LogP contribution in [0.4, 0.5) is 17.1 Å². The second-order valence-corrected chi connectivity index (χ2v) is 14.4. The molecule has 0 bridgehead atoms. The molecule has 0 radical (unpaired) electrons. The van der Waals surface area contributed by atoms with Crippen LogP contribution < -0.4 is 15.0 Å². The van der Waals surface area contributed by atoms with E-state index >= 15 is 0 Å². The molecule has 3 heterocycles. The Morgan fingerprint density at radius 2 is 1.89 bits per heavy atom. The third-order valence-electron chi connectivity index (χ3n) is 9.42. The van der Waals surface area contributed by atoms with Gasteiger partial charge in [-0.1, -0.05) is 0 Å². The number of benzene rings is 2. The predicted octanol–water partition coefficient (Wildman–Crippen LogP) is 6.38. The van der Waals surface area contributed by atoms with Crippen molar-refractivity contribution in [1.29, 1.82) is 0 Å². The van der Waals surface area contributed by atoms with Gasteiger partial charge in [-0.3, -0.25) is 14.9 Å². The van der Waals surface area contributed by atoms with Crippen LogP contribution in [0.1, 0.15) is 49.9 Å². The molecule has 1 spiro atoms. The van der Waals surface area contributed by atoms with E-state index in [2.05, 4.69) is 20.2 Å². The quantitative estimate of drug-likeness (QED) is 0.0935. The highest BCUT2D eigenvalue weighted by Crippen LogP contribution is 2.52. The zero-order valence-electron chi connectivity index (χ0n) is 26.5. The molecule has 13 heteroatoms. The van der Waals surface area contributed by atoms with Crippen molar-refractivity contribution in [3.63, 3.8) is 0 Å². The van der Waals surface area contributed by atoms with Gasteiger partial charge in [0.2, 0.25) is 0 Å². The summed E-state index contributed by atoms with van der Waals surface area (Å²) in [4.78, 5) is 34.2. The van der Waals surface area contributed by atoms with E-state index in [1.54, 1.807) is 30.5 Å². The van der Waals surface area contributed by atoms with Crippen molar-refractivity contribution in [3.05, 3.63) is 76.6 Å². The van der Waals surface area contributed by atoms with Crippen LogP contribution in [0.25, 0.3) is 11.0 Å². The lowest BCUT2D eigenvalue weighted by Crippen LogP contribution is -2.44. The molecule has 12 nitrogen and oxygen atoms in total. The van der Waals surface area contributed by atoms with Gasteiger partial charge in [0.05, 0.1) is 21.6 Å². The van der Waals surface area contributed by atoms with Crippen LogP contribution in [0.15, 0.2) is 65.8 Å². The van der Waals surface area contributed by atoms with Gasteiger partial charge in [0.15, 0.2) is 15.6 Å². The fourth-order valence-electron chi connectivity index (χ4n) is 6.83. The van der Waals surface area contributed by atoms with Gasteiger partial charge in [0, 0.05) is 62.3 Å². The number of anilines is 2. The smallest absolute Gasteiger partial charge is 0.293 e. The molecule has 2 aromatic heterocycles. The molecule has 2 N–H and O–H groups in total. The van der Waals surface area contributed by atoms with Crippen LogP contribution in [0.2, 0.25) is 0 Å². The van der Waals surface area contributed by atoms with E-state index < -0.39 is 26.3 Å². The topological polar surface area (TPSA) is 157 Å². The highest BCUT2D eigenvalue weighted by molar-refractivity contribution is 7.92. The fraction of sp³-hybridized carbons (Fsp3) is 0.412. The number of nitrogens with one attached hydrogen (secondary N) is 2. The average molecular weight is 662 g/mol.